The fourth-order valence-electron chi connectivity index (χ4n) is 3.81. The molecule has 0 bridgehead atoms. The third-order valence-electron chi connectivity index (χ3n) is 5.57. The summed E-state index contributed by atoms with van der Waals surface area (Å²) in [5.74, 6) is 0.315. The number of carbonyl (C=O) groups is 2. The van der Waals surface area contributed by atoms with Crippen molar-refractivity contribution in [3.63, 3.8) is 0 Å². The maximum Gasteiger partial charge on any atom is 0.307 e. The molecule has 1 aromatic rings. The Bertz CT molecular complexity index is 698. The largest absolute Gasteiger partial charge is 0.342 e. The van der Waals surface area contributed by atoms with E-state index in [1.807, 2.05) is 22.1 Å². The van der Waals surface area contributed by atoms with Gasteiger partial charge < -0.3 is 14.4 Å². The summed E-state index contributed by atoms with van der Waals surface area (Å²) in [7, 11) is 0. The van der Waals surface area contributed by atoms with E-state index in [1.165, 1.54) is 24.2 Å². The van der Waals surface area contributed by atoms with Gasteiger partial charge in [-0.3, -0.25) is 19.3 Å². The van der Waals surface area contributed by atoms with Crippen LogP contribution in [0.25, 0.3) is 0 Å². The number of amides is 2. The molecule has 2 aliphatic heterocycles. The summed E-state index contributed by atoms with van der Waals surface area (Å²) >= 11 is 1.18. The Balaban J connectivity index is 1.41. The average molecular weight is 395 g/mol. The van der Waals surface area contributed by atoms with E-state index in [0.29, 0.717) is 32.6 Å². The third-order valence-corrected chi connectivity index (χ3v) is 6.45. The number of likely N-dealkylation sites (tertiary alicyclic amines) is 1. The number of rotatable bonds is 5. The Labute approximate surface area is 164 Å². The van der Waals surface area contributed by atoms with Crippen LogP contribution in [0.5, 0.6) is 0 Å². The summed E-state index contributed by atoms with van der Waals surface area (Å²) < 4.78 is 1.67. The first-order valence-electron chi connectivity index (χ1n) is 9.97. The predicted octanol–water partition coefficient (Wildman–Crippen LogP) is 1.16. The van der Waals surface area contributed by atoms with Crippen LogP contribution in [0.3, 0.4) is 0 Å². The minimum Gasteiger partial charge on any atom is -0.342 e. The van der Waals surface area contributed by atoms with Gasteiger partial charge in [-0.2, -0.15) is 0 Å². The molecule has 0 unspecified atom stereocenters. The van der Waals surface area contributed by atoms with Crippen molar-refractivity contribution in [3.05, 3.63) is 20.7 Å². The molecule has 150 valence electrons. The molecule has 0 aromatic carbocycles. The summed E-state index contributed by atoms with van der Waals surface area (Å²) in [6.07, 6.45) is 5.02. The van der Waals surface area contributed by atoms with E-state index in [4.69, 9.17) is 0 Å². The monoisotopic (exact) mass is 394 g/mol. The van der Waals surface area contributed by atoms with Crippen molar-refractivity contribution in [1.29, 1.82) is 0 Å². The highest BCUT2D eigenvalue weighted by Gasteiger charge is 2.24. The highest BCUT2D eigenvalue weighted by atomic mass is 32.1. The first-order valence-corrected chi connectivity index (χ1v) is 10.9. The lowest BCUT2D eigenvalue weighted by Gasteiger charge is -2.35. The normalized spacial score (nSPS) is 19.1. The zero-order valence-corrected chi connectivity index (χ0v) is 17.0. The molecule has 0 atom stereocenters. The topological polar surface area (TPSA) is 65.9 Å². The number of aryl methyl sites for hydroxylation is 1. The Morgan fingerprint density at radius 1 is 0.926 bits per heavy atom. The van der Waals surface area contributed by atoms with Crippen molar-refractivity contribution in [2.24, 2.45) is 0 Å². The molecule has 7 nitrogen and oxygen atoms in total. The van der Waals surface area contributed by atoms with Crippen LogP contribution in [0.4, 0.5) is 0 Å². The number of nitrogens with zero attached hydrogens (tertiary/aromatic N) is 4. The smallest absolute Gasteiger partial charge is 0.307 e. The van der Waals surface area contributed by atoms with Gasteiger partial charge in [-0.15, -0.1) is 0 Å². The molecule has 2 fully saturated rings. The van der Waals surface area contributed by atoms with Gasteiger partial charge in [0, 0.05) is 63.3 Å². The second kappa shape index (κ2) is 9.50. The van der Waals surface area contributed by atoms with Gasteiger partial charge in [-0.05, 0) is 19.8 Å². The Morgan fingerprint density at radius 2 is 1.56 bits per heavy atom. The molecule has 2 aliphatic rings. The lowest BCUT2D eigenvalue weighted by Crippen LogP contribution is -2.51. The quantitative estimate of drug-likeness (QED) is 0.752. The van der Waals surface area contributed by atoms with Crippen LogP contribution < -0.4 is 4.87 Å². The molecule has 27 heavy (non-hydrogen) atoms. The van der Waals surface area contributed by atoms with E-state index in [9.17, 15) is 14.4 Å². The minimum atomic E-state index is -0.00264. The second-order valence-electron chi connectivity index (χ2n) is 7.50. The zero-order valence-electron chi connectivity index (χ0n) is 16.2. The number of aromatic nitrogens is 1. The summed E-state index contributed by atoms with van der Waals surface area (Å²) in [4.78, 5) is 42.7. The van der Waals surface area contributed by atoms with Gasteiger partial charge in [0.1, 0.15) is 0 Å². The summed E-state index contributed by atoms with van der Waals surface area (Å²) in [5, 5.41) is 1.83. The summed E-state index contributed by atoms with van der Waals surface area (Å²) in [6.45, 7) is 7.37. The molecule has 2 amide bonds. The van der Waals surface area contributed by atoms with Crippen molar-refractivity contribution in [1.82, 2.24) is 19.3 Å². The Hall–Kier alpha value is -1.67. The molecule has 3 heterocycles. The molecule has 0 radical (unpaired) electrons. The number of thiazole rings is 1. The van der Waals surface area contributed by atoms with Crippen LogP contribution in [0.15, 0.2) is 10.2 Å². The number of hydrogen-bond donors (Lipinski definition) is 0. The molecule has 0 saturated carbocycles. The van der Waals surface area contributed by atoms with Crippen LogP contribution >= 0.6 is 11.3 Å². The molecule has 0 N–H and O–H groups in total. The molecule has 2 saturated heterocycles. The molecule has 3 rings (SSSR count). The van der Waals surface area contributed by atoms with Crippen LogP contribution in [-0.4, -0.2) is 76.9 Å². The minimum absolute atomic E-state index is 0.00264. The van der Waals surface area contributed by atoms with Crippen molar-refractivity contribution < 1.29 is 9.59 Å². The van der Waals surface area contributed by atoms with Gasteiger partial charge in [-0.25, -0.2) is 0 Å². The fourth-order valence-corrected chi connectivity index (χ4v) is 4.57. The Kier molecular flexibility index (Phi) is 7.07. The van der Waals surface area contributed by atoms with Crippen molar-refractivity contribution in [2.45, 2.75) is 45.6 Å². The van der Waals surface area contributed by atoms with Gasteiger partial charge in [0.2, 0.25) is 11.8 Å². The Morgan fingerprint density at radius 3 is 2.15 bits per heavy atom. The van der Waals surface area contributed by atoms with E-state index < -0.39 is 0 Å². The maximum absolute atomic E-state index is 12.5. The van der Waals surface area contributed by atoms with Crippen molar-refractivity contribution >= 4 is 23.2 Å². The summed E-state index contributed by atoms with van der Waals surface area (Å²) in [6, 6.07) is 0. The van der Waals surface area contributed by atoms with E-state index in [1.54, 1.807) is 4.57 Å². The number of hydrogen-bond acceptors (Lipinski definition) is 5. The predicted molar refractivity (Wildman–Crippen MR) is 106 cm³/mol. The van der Waals surface area contributed by atoms with Crippen LogP contribution in [0, 0.1) is 6.92 Å². The SMILES string of the molecule is Cc1csc(=O)n1CCC(=O)N1CCN(CC(=O)N2CCCCCC2)CC1. The van der Waals surface area contributed by atoms with Gasteiger partial charge in [-0.1, -0.05) is 24.2 Å². The van der Waals surface area contributed by atoms with Gasteiger partial charge in [0.25, 0.3) is 0 Å². The maximum atomic E-state index is 12.5. The first kappa shape index (κ1) is 20.1. The lowest BCUT2D eigenvalue weighted by atomic mass is 10.2. The van der Waals surface area contributed by atoms with Crippen molar-refractivity contribution in [3.8, 4) is 0 Å². The first-order chi connectivity index (χ1) is 13.0. The van der Waals surface area contributed by atoms with E-state index in [-0.39, 0.29) is 16.7 Å². The molecular weight excluding hydrogens is 364 g/mol. The van der Waals surface area contributed by atoms with Crippen LogP contribution in [0.2, 0.25) is 0 Å². The third kappa shape index (κ3) is 5.42. The molecular formula is C19H30N4O3S. The number of piperazine rings is 1. The number of carbonyl (C=O) groups excluding carboxylic acids is 2. The van der Waals surface area contributed by atoms with Gasteiger partial charge >= 0.3 is 4.87 Å². The molecule has 8 heteroatoms. The summed E-state index contributed by atoms with van der Waals surface area (Å²) in [5.41, 5.74) is 0.912. The van der Waals surface area contributed by atoms with Crippen LogP contribution in [0.1, 0.15) is 37.8 Å². The zero-order chi connectivity index (χ0) is 19.2. The second-order valence-corrected chi connectivity index (χ2v) is 8.32. The highest BCUT2D eigenvalue weighted by Crippen LogP contribution is 2.11. The fraction of sp³-hybridized carbons (Fsp3) is 0.737. The van der Waals surface area contributed by atoms with E-state index in [0.717, 1.165) is 44.7 Å². The van der Waals surface area contributed by atoms with Crippen LogP contribution in [-0.2, 0) is 16.1 Å². The van der Waals surface area contributed by atoms with E-state index in [2.05, 4.69) is 4.90 Å². The van der Waals surface area contributed by atoms with Crippen molar-refractivity contribution in [2.75, 3.05) is 45.8 Å². The van der Waals surface area contributed by atoms with Gasteiger partial charge in [0.15, 0.2) is 0 Å². The molecule has 0 spiro atoms. The van der Waals surface area contributed by atoms with Gasteiger partial charge in [0.05, 0.1) is 6.54 Å². The molecule has 0 aliphatic carbocycles. The average Bonchev–Trinajstić information content (AvgIpc) is 2.87. The van der Waals surface area contributed by atoms with E-state index >= 15 is 0 Å². The highest BCUT2D eigenvalue weighted by molar-refractivity contribution is 7.07. The lowest BCUT2D eigenvalue weighted by molar-refractivity contribution is -0.135. The molecule has 1 aromatic heterocycles. The standard InChI is InChI=1S/C19H30N4O3S/c1-16-15-27-19(26)23(16)9-6-17(24)22-12-10-20(11-13-22)14-18(25)21-7-4-2-3-5-8-21/h15H,2-14H2,1H3.